The van der Waals surface area contributed by atoms with Gasteiger partial charge in [0.25, 0.3) is 5.91 Å². The zero-order valence-electron chi connectivity index (χ0n) is 14.4. The summed E-state index contributed by atoms with van der Waals surface area (Å²) < 4.78 is 15.9. The molecular formula is C19H19ClN2O4. The number of amides is 1. The van der Waals surface area contributed by atoms with E-state index >= 15 is 0 Å². The van der Waals surface area contributed by atoms with Crippen molar-refractivity contribution in [3.8, 4) is 17.2 Å². The molecule has 2 aliphatic rings. The standard InChI is InChI=1S/C19H19ClN2O4/c1-24-15-4-2-3-14(11-15)21-5-7-22(8-6-21)19(23)13-9-16(20)18-17(10-13)25-12-26-18/h2-4,9-11H,5-8,12H2,1H3. The lowest BCUT2D eigenvalue weighted by atomic mass is 10.1. The molecule has 0 spiro atoms. The molecule has 26 heavy (non-hydrogen) atoms. The Hall–Kier alpha value is -2.60. The first kappa shape index (κ1) is 16.8. The second kappa shape index (κ2) is 6.96. The number of rotatable bonds is 3. The number of anilines is 1. The van der Waals surface area contributed by atoms with Crippen LogP contribution in [0.4, 0.5) is 5.69 Å². The molecule has 0 unspecified atom stereocenters. The number of halogens is 1. The van der Waals surface area contributed by atoms with Gasteiger partial charge in [-0.05, 0) is 24.3 Å². The minimum absolute atomic E-state index is 0.0458. The molecule has 0 bridgehead atoms. The van der Waals surface area contributed by atoms with E-state index in [1.165, 1.54) is 0 Å². The van der Waals surface area contributed by atoms with E-state index in [1.807, 2.05) is 23.1 Å². The van der Waals surface area contributed by atoms with Crippen LogP contribution in [0, 0.1) is 0 Å². The minimum Gasteiger partial charge on any atom is -0.497 e. The number of hydrogen-bond donors (Lipinski definition) is 0. The van der Waals surface area contributed by atoms with Gasteiger partial charge in [-0.15, -0.1) is 0 Å². The third-order valence-corrected chi connectivity index (χ3v) is 4.94. The summed E-state index contributed by atoms with van der Waals surface area (Å²) in [5.41, 5.74) is 1.62. The van der Waals surface area contributed by atoms with E-state index in [-0.39, 0.29) is 12.7 Å². The number of piperazine rings is 1. The summed E-state index contributed by atoms with van der Waals surface area (Å²) in [4.78, 5) is 16.9. The molecule has 0 atom stereocenters. The third kappa shape index (κ3) is 3.12. The third-order valence-electron chi connectivity index (χ3n) is 4.66. The van der Waals surface area contributed by atoms with Crippen molar-refractivity contribution in [1.82, 2.24) is 4.90 Å². The number of fused-ring (bicyclic) bond motifs is 1. The molecule has 0 radical (unpaired) electrons. The smallest absolute Gasteiger partial charge is 0.254 e. The summed E-state index contributed by atoms with van der Waals surface area (Å²) in [5.74, 6) is 1.81. The maximum atomic E-state index is 12.8. The summed E-state index contributed by atoms with van der Waals surface area (Å²) in [7, 11) is 1.66. The van der Waals surface area contributed by atoms with E-state index in [0.29, 0.717) is 35.2 Å². The highest BCUT2D eigenvalue weighted by molar-refractivity contribution is 6.32. The lowest BCUT2D eigenvalue weighted by Gasteiger charge is -2.36. The lowest BCUT2D eigenvalue weighted by Crippen LogP contribution is -2.48. The number of carbonyl (C=O) groups excluding carboxylic acids is 1. The fourth-order valence-corrected chi connectivity index (χ4v) is 3.51. The van der Waals surface area contributed by atoms with Crippen molar-refractivity contribution >= 4 is 23.2 Å². The first-order chi connectivity index (χ1) is 12.7. The molecule has 2 aliphatic heterocycles. The average Bonchev–Trinajstić information content (AvgIpc) is 3.17. The largest absolute Gasteiger partial charge is 0.497 e. The predicted molar refractivity (Wildman–Crippen MR) is 98.7 cm³/mol. The highest BCUT2D eigenvalue weighted by atomic mass is 35.5. The van der Waals surface area contributed by atoms with Crippen LogP contribution in [0.3, 0.4) is 0 Å². The van der Waals surface area contributed by atoms with Crippen LogP contribution in [-0.2, 0) is 0 Å². The monoisotopic (exact) mass is 374 g/mol. The Labute approximate surface area is 156 Å². The molecule has 2 aromatic carbocycles. The van der Waals surface area contributed by atoms with Gasteiger partial charge in [0.05, 0.1) is 12.1 Å². The van der Waals surface area contributed by atoms with Crippen molar-refractivity contribution in [1.29, 1.82) is 0 Å². The number of carbonyl (C=O) groups is 1. The molecule has 2 aromatic rings. The summed E-state index contributed by atoms with van der Waals surface area (Å²) in [6.45, 7) is 2.94. The summed E-state index contributed by atoms with van der Waals surface area (Å²) >= 11 is 6.19. The Kier molecular flexibility index (Phi) is 4.51. The molecule has 0 N–H and O–H groups in total. The van der Waals surface area contributed by atoms with Crippen LogP contribution < -0.4 is 19.1 Å². The molecule has 1 saturated heterocycles. The fourth-order valence-electron chi connectivity index (χ4n) is 3.25. The summed E-state index contributed by atoms with van der Waals surface area (Å²) in [6.07, 6.45) is 0. The molecule has 136 valence electrons. The molecule has 6 nitrogen and oxygen atoms in total. The highest BCUT2D eigenvalue weighted by Crippen LogP contribution is 2.40. The van der Waals surface area contributed by atoms with Gasteiger partial charge >= 0.3 is 0 Å². The van der Waals surface area contributed by atoms with Crippen molar-refractivity contribution in [2.75, 3.05) is 45.0 Å². The number of methoxy groups -OCH3 is 1. The van der Waals surface area contributed by atoms with Crippen LogP contribution in [0.25, 0.3) is 0 Å². The van der Waals surface area contributed by atoms with Crippen LogP contribution >= 0.6 is 11.6 Å². The number of ether oxygens (including phenoxy) is 3. The Morgan fingerprint density at radius 2 is 1.92 bits per heavy atom. The van der Waals surface area contributed by atoms with Crippen LogP contribution in [0.1, 0.15) is 10.4 Å². The molecule has 1 amide bonds. The Bertz CT molecular complexity index is 834. The number of nitrogens with zero attached hydrogens (tertiary/aromatic N) is 2. The predicted octanol–water partition coefficient (Wildman–Crippen LogP) is 3.04. The second-order valence-electron chi connectivity index (χ2n) is 6.17. The van der Waals surface area contributed by atoms with Gasteiger partial charge in [-0.25, -0.2) is 0 Å². The van der Waals surface area contributed by atoms with Crippen LogP contribution in [0.15, 0.2) is 36.4 Å². The van der Waals surface area contributed by atoms with Crippen molar-refractivity contribution in [2.24, 2.45) is 0 Å². The normalized spacial score (nSPS) is 15.9. The van der Waals surface area contributed by atoms with Crippen molar-refractivity contribution in [2.45, 2.75) is 0 Å². The van der Waals surface area contributed by atoms with E-state index in [0.717, 1.165) is 24.5 Å². The maximum Gasteiger partial charge on any atom is 0.254 e. The molecule has 4 rings (SSSR count). The number of hydrogen-bond acceptors (Lipinski definition) is 5. The first-order valence-corrected chi connectivity index (χ1v) is 8.81. The van der Waals surface area contributed by atoms with Crippen molar-refractivity contribution in [3.05, 3.63) is 47.0 Å². The molecule has 7 heteroatoms. The lowest BCUT2D eigenvalue weighted by molar-refractivity contribution is 0.0746. The van der Waals surface area contributed by atoms with Crippen molar-refractivity contribution in [3.63, 3.8) is 0 Å². The summed E-state index contributed by atoms with van der Waals surface area (Å²) in [6, 6.07) is 11.3. The van der Waals surface area contributed by atoms with E-state index in [2.05, 4.69) is 11.0 Å². The molecule has 0 aliphatic carbocycles. The van der Waals surface area contributed by atoms with Gasteiger partial charge in [0, 0.05) is 43.5 Å². The van der Waals surface area contributed by atoms with E-state index in [4.69, 9.17) is 25.8 Å². The van der Waals surface area contributed by atoms with Gasteiger partial charge in [0.15, 0.2) is 11.5 Å². The molecular weight excluding hydrogens is 356 g/mol. The zero-order chi connectivity index (χ0) is 18.1. The second-order valence-corrected chi connectivity index (χ2v) is 6.58. The first-order valence-electron chi connectivity index (χ1n) is 8.43. The Morgan fingerprint density at radius 3 is 2.69 bits per heavy atom. The quantitative estimate of drug-likeness (QED) is 0.826. The van der Waals surface area contributed by atoms with Gasteiger partial charge in [-0.2, -0.15) is 0 Å². The van der Waals surface area contributed by atoms with Gasteiger partial charge in [0.1, 0.15) is 5.75 Å². The van der Waals surface area contributed by atoms with Crippen LogP contribution in [0.5, 0.6) is 17.2 Å². The van der Waals surface area contributed by atoms with Gasteiger partial charge in [-0.1, -0.05) is 17.7 Å². The Morgan fingerprint density at radius 1 is 1.12 bits per heavy atom. The van der Waals surface area contributed by atoms with E-state index in [1.54, 1.807) is 19.2 Å². The molecule has 0 saturated carbocycles. The zero-order valence-corrected chi connectivity index (χ0v) is 15.2. The number of benzene rings is 2. The van der Waals surface area contributed by atoms with Crippen molar-refractivity contribution < 1.29 is 19.0 Å². The van der Waals surface area contributed by atoms with Gasteiger partial charge in [0.2, 0.25) is 6.79 Å². The van der Waals surface area contributed by atoms with E-state index in [9.17, 15) is 4.79 Å². The van der Waals surface area contributed by atoms with Crippen LogP contribution in [-0.4, -0.2) is 50.9 Å². The molecule has 0 aromatic heterocycles. The molecule has 2 heterocycles. The Balaban J connectivity index is 1.44. The fraction of sp³-hybridized carbons (Fsp3) is 0.316. The van der Waals surface area contributed by atoms with E-state index < -0.39 is 0 Å². The maximum absolute atomic E-state index is 12.8. The average molecular weight is 375 g/mol. The minimum atomic E-state index is -0.0458. The SMILES string of the molecule is COc1cccc(N2CCN(C(=O)c3cc(Cl)c4c(c3)OCO4)CC2)c1. The summed E-state index contributed by atoms with van der Waals surface area (Å²) in [5, 5.41) is 0.401. The highest BCUT2D eigenvalue weighted by Gasteiger charge is 2.26. The molecule has 1 fully saturated rings. The van der Waals surface area contributed by atoms with Gasteiger partial charge < -0.3 is 24.0 Å². The van der Waals surface area contributed by atoms with Crippen LogP contribution in [0.2, 0.25) is 5.02 Å². The topological polar surface area (TPSA) is 51.2 Å². The van der Waals surface area contributed by atoms with Gasteiger partial charge in [-0.3, -0.25) is 4.79 Å².